The molecular weight excluding hydrogens is 172 g/mol. The third kappa shape index (κ3) is 1.49. The molecule has 2 heterocycles. The van der Waals surface area contributed by atoms with E-state index < -0.39 is 0 Å². The lowest BCUT2D eigenvalue weighted by Gasteiger charge is -2.36. The first-order valence-electron chi connectivity index (χ1n) is 5.99. The van der Waals surface area contributed by atoms with Crippen molar-refractivity contribution in [1.29, 1.82) is 0 Å². The van der Waals surface area contributed by atoms with Crippen molar-refractivity contribution in [2.75, 3.05) is 0 Å². The predicted octanol–water partition coefficient (Wildman–Crippen LogP) is 3.57. The largest absolute Gasteiger partial charge is 0.494 e. The lowest BCUT2D eigenvalue weighted by Crippen LogP contribution is -2.29. The standard InChI is InChI=1S/C13H18O/c1-2-4-10-6-7-11(5-3-1)13-9-12(8-10)14-13/h6-7,10,12H,1-5,8-9H2. The Bertz CT molecular complexity index is 280. The highest BCUT2D eigenvalue weighted by atomic mass is 16.5. The maximum absolute atomic E-state index is 5.83. The monoisotopic (exact) mass is 190 g/mol. The van der Waals surface area contributed by atoms with Crippen LogP contribution in [0.15, 0.2) is 23.5 Å². The molecule has 14 heavy (non-hydrogen) atoms. The molecule has 76 valence electrons. The molecule has 2 aliphatic heterocycles. The van der Waals surface area contributed by atoms with Crippen LogP contribution in [-0.4, -0.2) is 6.10 Å². The number of hydrogen-bond donors (Lipinski definition) is 0. The SMILES string of the molecule is C1=CC2CCCCCC1=C1CC(C2)O1. The van der Waals surface area contributed by atoms with Crippen molar-refractivity contribution in [3.05, 3.63) is 23.5 Å². The first-order valence-corrected chi connectivity index (χ1v) is 5.99. The Balaban J connectivity index is 1.90. The molecule has 2 atom stereocenters. The maximum atomic E-state index is 5.83. The van der Waals surface area contributed by atoms with Crippen LogP contribution in [0.4, 0.5) is 0 Å². The molecule has 1 heteroatoms. The molecule has 1 saturated heterocycles. The van der Waals surface area contributed by atoms with E-state index in [1.54, 1.807) is 0 Å². The summed E-state index contributed by atoms with van der Waals surface area (Å²) in [5.74, 6) is 2.08. The third-order valence-corrected chi connectivity index (χ3v) is 3.74. The molecule has 2 unspecified atom stereocenters. The van der Waals surface area contributed by atoms with Crippen molar-refractivity contribution < 1.29 is 4.74 Å². The van der Waals surface area contributed by atoms with E-state index in [9.17, 15) is 0 Å². The average molecular weight is 190 g/mol. The average Bonchev–Trinajstić information content (AvgIpc) is 2.13. The minimum Gasteiger partial charge on any atom is -0.494 e. The van der Waals surface area contributed by atoms with Gasteiger partial charge in [0.15, 0.2) is 0 Å². The zero-order valence-electron chi connectivity index (χ0n) is 8.67. The van der Waals surface area contributed by atoms with Crippen molar-refractivity contribution in [1.82, 2.24) is 0 Å². The zero-order chi connectivity index (χ0) is 9.38. The molecule has 1 fully saturated rings. The maximum Gasteiger partial charge on any atom is 0.106 e. The summed E-state index contributed by atoms with van der Waals surface area (Å²) < 4.78 is 5.83. The highest BCUT2D eigenvalue weighted by molar-refractivity contribution is 5.28. The number of rotatable bonds is 0. The third-order valence-electron chi connectivity index (χ3n) is 3.74. The van der Waals surface area contributed by atoms with Gasteiger partial charge in [0.2, 0.25) is 0 Å². The van der Waals surface area contributed by atoms with Gasteiger partial charge in [0.1, 0.15) is 11.9 Å². The van der Waals surface area contributed by atoms with Crippen molar-refractivity contribution in [3.8, 4) is 0 Å². The van der Waals surface area contributed by atoms with Gasteiger partial charge in [-0.1, -0.05) is 25.0 Å². The molecule has 4 aliphatic rings. The Labute approximate surface area is 85.8 Å². The Morgan fingerprint density at radius 3 is 3.07 bits per heavy atom. The van der Waals surface area contributed by atoms with Crippen LogP contribution in [-0.2, 0) is 4.74 Å². The first-order chi connectivity index (χ1) is 6.92. The van der Waals surface area contributed by atoms with E-state index in [4.69, 9.17) is 4.74 Å². The van der Waals surface area contributed by atoms with Gasteiger partial charge in [-0.15, -0.1) is 0 Å². The van der Waals surface area contributed by atoms with Crippen molar-refractivity contribution >= 4 is 0 Å². The summed E-state index contributed by atoms with van der Waals surface area (Å²) in [5.41, 5.74) is 1.49. The van der Waals surface area contributed by atoms with Crippen molar-refractivity contribution in [3.63, 3.8) is 0 Å². The van der Waals surface area contributed by atoms with Crippen molar-refractivity contribution in [2.45, 2.75) is 51.0 Å². The Morgan fingerprint density at radius 1 is 1.21 bits per heavy atom. The minimum absolute atomic E-state index is 0.549. The summed E-state index contributed by atoms with van der Waals surface area (Å²) in [6.45, 7) is 0. The van der Waals surface area contributed by atoms with Gasteiger partial charge in [0, 0.05) is 6.42 Å². The zero-order valence-corrected chi connectivity index (χ0v) is 8.67. The molecular formula is C13H18O. The van der Waals surface area contributed by atoms with E-state index in [2.05, 4.69) is 12.2 Å². The fourth-order valence-corrected chi connectivity index (χ4v) is 2.83. The van der Waals surface area contributed by atoms with E-state index in [1.165, 1.54) is 56.3 Å². The van der Waals surface area contributed by atoms with E-state index in [0.29, 0.717) is 6.10 Å². The van der Waals surface area contributed by atoms with Crippen LogP contribution in [0.2, 0.25) is 0 Å². The van der Waals surface area contributed by atoms with Gasteiger partial charge in [-0.2, -0.15) is 0 Å². The predicted molar refractivity (Wildman–Crippen MR) is 56.8 cm³/mol. The summed E-state index contributed by atoms with van der Waals surface area (Å²) in [5, 5.41) is 0. The van der Waals surface area contributed by atoms with Crippen LogP contribution in [0.25, 0.3) is 0 Å². The van der Waals surface area contributed by atoms with E-state index in [-0.39, 0.29) is 0 Å². The Morgan fingerprint density at radius 2 is 2.14 bits per heavy atom. The second kappa shape index (κ2) is 3.45. The summed E-state index contributed by atoms with van der Waals surface area (Å²) in [7, 11) is 0. The lowest BCUT2D eigenvalue weighted by atomic mass is 9.88. The second-order valence-electron chi connectivity index (χ2n) is 4.85. The van der Waals surface area contributed by atoms with Gasteiger partial charge in [0.25, 0.3) is 0 Å². The quantitative estimate of drug-likeness (QED) is 0.567. The van der Waals surface area contributed by atoms with Gasteiger partial charge < -0.3 is 4.74 Å². The summed E-state index contributed by atoms with van der Waals surface area (Å²) in [4.78, 5) is 0. The van der Waals surface area contributed by atoms with Crippen LogP contribution < -0.4 is 0 Å². The molecule has 0 spiro atoms. The first kappa shape index (κ1) is 8.58. The van der Waals surface area contributed by atoms with Crippen LogP contribution in [0.1, 0.15) is 44.9 Å². The van der Waals surface area contributed by atoms with Crippen LogP contribution in [0.5, 0.6) is 0 Å². The minimum atomic E-state index is 0.549. The van der Waals surface area contributed by atoms with E-state index in [1.807, 2.05) is 0 Å². The molecule has 0 aromatic heterocycles. The highest BCUT2D eigenvalue weighted by Gasteiger charge is 2.31. The topological polar surface area (TPSA) is 9.23 Å². The van der Waals surface area contributed by atoms with Crippen LogP contribution in [0.3, 0.4) is 0 Å². The fraction of sp³-hybridized carbons (Fsp3) is 0.692. The van der Waals surface area contributed by atoms with Crippen LogP contribution in [0, 0.1) is 5.92 Å². The smallest absolute Gasteiger partial charge is 0.106 e. The molecule has 0 aromatic rings. The summed E-state index contributed by atoms with van der Waals surface area (Å²) in [6, 6.07) is 0. The number of ether oxygens (including phenoxy) is 1. The molecule has 0 radical (unpaired) electrons. The van der Waals surface area contributed by atoms with Crippen molar-refractivity contribution in [2.24, 2.45) is 5.92 Å². The summed E-state index contributed by atoms with van der Waals surface area (Å²) >= 11 is 0. The number of allylic oxidation sites excluding steroid dienone is 3. The van der Waals surface area contributed by atoms with E-state index in [0.717, 1.165) is 5.92 Å². The molecule has 0 amide bonds. The molecule has 0 N–H and O–H groups in total. The van der Waals surface area contributed by atoms with Gasteiger partial charge in [-0.05, 0) is 37.2 Å². The molecule has 1 nitrogen and oxygen atoms in total. The molecule has 4 rings (SSSR count). The molecule has 0 saturated carbocycles. The molecule has 2 aliphatic carbocycles. The van der Waals surface area contributed by atoms with Gasteiger partial charge in [-0.25, -0.2) is 0 Å². The Hall–Kier alpha value is -0.720. The molecule has 0 aromatic carbocycles. The van der Waals surface area contributed by atoms with E-state index >= 15 is 0 Å². The van der Waals surface area contributed by atoms with Gasteiger partial charge >= 0.3 is 0 Å². The molecule has 4 bridgehead atoms. The van der Waals surface area contributed by atoms with Gasteiger partial charge in [-0.3, -0.25) is 0 Å². The van der Waals surface area contributed by atoms with Gasteiger partial charge in [0.05, 0.1) is 0 Å². The highest BCUT2D eigenvalue weighted by Crippen LogP contribution is 2.38. The normalized spacial score (nSPS) is 36.0. The lowest BCUT2D eigenvalue weighted by molar-refractivity contribution is 0.00286. The summed E-state index contributed by atoms with van der Waals surface area (Å²) in [6.07, 6.45) is 14.6. The Kier molecular flexibility index (Phi) is 2.11. The second-order valence-corrected chi connectivity index (χ2v) is 4.85. The van der Waals surface area contributed by atoms with Crippen LogP contribution >= 0.6 is 0 Å². The number of hydrogen-bond acceptors (Lipinski definition) is 1. The fourth-order valence-electron chi connectivity index (χ4n) is 2.83.